The molecule has 3 atom stereocenters. The van der Waals surface area contributed by atoms with Crippen LogP contribution in [0.25, 0.3) is 0 Å². The van der Waals surface area contributed by atoms with Gasteiger partial charge in [-0.05, 0) is 66.6 Å². The fraction of sp³-hybridized carbons (Fsp3) is 0.487. The second-order valence-corrected chi connectivity index (χ2v) is 13.2. The number of unbranched alkanes of at least 4 members (excludes halogenated alkanes) is 1. The summed E-state index contributed by atoms with van der Waals surface area (Å²) in [5.74, 6) is 1.27. The third kappa shape index (κ3) is 11.4. The Labute approximate surface area is 305 Å². The molecule has 0 radical (unpaired) electrons. The van der Waals surface area contributed by atoms with Crippen molar-refractivity contribution >= 4 is 17.5 Å². The number of hydrogen-bond acceptors (Lipinski definition) is 11. The molecular formula is C39H52N4O9. The van der Waals surface area contributed by atoms with Crippen LogP contribution in [0.4, 0.5) is 5.69 Å². The second-order valence-electron chi connectivity index (χ2n) is 13.2. The van der Waals surface area contributed by atoms with Crippen LogP contribution in [0.5, 0.6) is 11.5 Å². The minimum absolute atomic E-state index is 0.0481. The topological polar surface area (TPSA) is 142 Å². The highest BCUT2D eigenvalue weighted by atomic mass is 17.1. The lowest BCUT2D eigenvalue weighted by Gasteiger charge is -2.44. The van der Waals surface area contributed by atoms with Crippen LogP contribution in [0.1, 0.15) is 61.1 Å². The number of fused-ring (bicyclic) bond motifs is 1. The third-order valence-electron chi connectivity index (χ3n) is 9.63. The number of methoxy groups -OCH3 is 2. The first-order valence-corrected chi connectivity index (χ1v) is 18.0. The fourth-order valence-corrected chi connectivity index (χ4v) is 6.91. The average Bonchev–Trinajstić information content (AvgIpc) is 3.16. The van der Waals surface area contributed by atoms with Gasteiger partial charge in [0.25, 0.3) is 0 Å². The molecule has 0 aromatic heterocycles. The number of carbonyl (C=O) groups is 2. The van der Waals surface area contributed by atoms with Crippen LogP contribution in [0, 0.1) is 0 Å². The van der Waals surface area contributed by atoms with E-state index in [9.17, 15) is 9.59 Å². The van der Waals surface area contributed by atoms with Crippen LogP contribution < -0.4 is 19.7 Å². The van der Waals surface area contributed by atoms with Crippen molar-refractivity contribution in [2.75, 3.05) is 58.6 Å². The van der Waals surface area contributed by atoms with Crippen LogP contribution in [0.3, 0.4) is 0 Å². The Morgan fingerprint density at radius 1 is 0.962 bits per heavy atom. The molecule has 0 spiro atoms. The molecule has 3 aromatic carbocycles. The largest absolute Gasteiger partial charge is 0.497 e. The van der Waals surface area contributed by atoms with Gasteiger partial charge < -0.3 is 34.1 Å². The van der Waals surface area contributed by atoms with Crippen LogP contribution in [-0.2, 0) is 37.1 Å². The van der Waals surface area contributed by atoms with Gasteiger partial charge in [-0.2, -0.15) is 0 Å². The van der Waals surface area contributed by atoms with Crippen molar-refractivity contribution in [2.24, 2.45) is 0 Å². The molecule has 13 nitrogen and oxygen atoms in total. The minimum atomic E-state index is -0.363. The quantitative estimate of drug-likeness (QED) is 0.113. The fourth-order valence-electron chi connectivity index (χ4n) is 6.91. The van der Waals surface area contributed by atoms with Gasteiger partial charge in [-0.1, -0.05) is 48.5 Å². The predicted molar refractivity (Wildman–Crippen MR) is 193 cm³/mol. The Morgan fingerprint density at radius 2 is 1.77 bits per heavy atom. The van der Waals surface area contributed by atoms with Crippen LogP contribution in [-0.4, -0.2) is 98.3 Å². The zero-order valence-corrected chi connectivity index (χ0v) is 30.2. The Balaban J connectivity index is 1.35. The van der Waals surface area contributed by atoms with E-state index in [4.69, 9.17) is 29.4 Å². The highest BCUT2D eigenvalue weighted by molar-refractivity contribution is 5.80. The van der Waals surface area contributed by atoms with E-state index in [1.807, 2.05) is 66.7 Å². The summed E-state index contributed by atoms with van der Waals surface area (Å²) in [6.07, 6.45) is 2.36. The summed E-state index contributed by atoms with van der Waals surface area (Å²) in [5.41, 5.74) is 4.07. The van der Waals surface area contributed by atoms with Crippen molar-refractivity contribution in [3.8, 4) is 11.5 Å². The monoisotopic (exact) mass is 720 g/mol. The lowest BCUT2D eigenvalue weighted by molar-refractivity contribution is -0.492. The number of ether oxygens (including phenoxy) is 4. The number of anilines is 1. The van der Waals surface area contributed by atoms with Gasteiger partial charge in [0.15, 0.2) is 0 Å². The summed E-state index contributed by atoms with van der Waals surface area (Å²) in [6, 6.07) is 23.4. The number of piperidine rings is 1. The molecule has 2 heterocycles. The molecule has 282 valence electrons. The summed E-state index contributed by atoms with van der Waals surface area (Å²) in [7, 11) is 3.34. The van der Waals surface area contributed by atoms with Crippen molar-refractivity contribution in [1.29, 1.82) is 0 Å². The highest BCUT2D eigenvalue weighted by Crippen LogP contribution is 2.38. The average molecular weight is 721 g/mol. The molecule has 1 saturated heterocycles. The Morgan fingerprint density at radius 3 is 2.52 bits per heavy atom. The van der Waals surface area contributed by atoms with E-state index >= 15 is 0 Å². The van der Waals surface area contributed by atoms with Crippen molar-refractivity contribution in [1.82, 2.24) is 15.6 Å². The van der Waals surface area contributed by atoms with E-state index in [-0.39, 0.29) is 54.7 Å². The van der Waals surface area contributed by atoms with Crippen LogP contribution in [0.2, 0.25) is 0 Å². The molecule has 0 aliphatic carbocycles. The Hall–Kier alpha value is -4.24. The van der Waals surface area contributed by atoms with Gasteiger partial charge in [0.05, 0.1) is 44.0 Å². The van der Waals surface area contributed by atoms with Crippen molar-refractivity contribution in [3.05, 3.63) is 89.5 Å². The van der Waals surface area contributed by atoms with E-state index < -0.39 is 0 Å². The molecule has 2 aliphatic heterocycles. The molecule has 3 aromatic rings. The number of carbonyl (C=O) groups excluding carboxylic acids is 2. The molecule has 52 heavy (non-hydrogen) atoms. The first kappa shape index (κ1) is 39.0. The lowest BCUT2D eigenvalue weighted by atomic mass is 9.81. The number of rotatable bonds is 19. The smallest absolute Gasteiger partial charge is 0.222 e. The maximum Gasteiger partial charge on any atom is 0.222 e. The molecule has 3 unspecified atom stereocenters. The van der Waals surface area contributed by atoms with Gasteiger partial charge in [0, 0.05) is 58.2 Å². The number of nitrogens with zero attached hydrogens (tertiary/aromatic N) is 3. The Bertz CT molecular complexity index is 1540. The standard InChI is InChI=1S/C39H52N4O9/c1-48-20-8-18-41-19-22-50-36-17-12-30(23-35(36)41)28-51-37-27-42(39(45)11-6-7-21-52-43(46)47)32(24-34(37)31-13-15-33(49-2)16-14-31)25-38(44)40-26-29-9-4-3-5-10-29/h3-5,9-10,12-17,23,32,34,37,46-47H,6-8,11,18-22,24-28H2,1-2H3,(H,40,44). The van der Waals surface area contributed by atoms with Gasteiger partial charge >= 0.3 is 0 Å². The van der Waals surface area contributed by atoms with Gasteiger partial charge in [0.2, 0.25) is 11.8 Å². The number of amides is 2. The summed E-state index contributed by atoms with van der Waals surface area (Å²) in [6.45, 7) is 4.06. The summed E-state index contributed by atoms with van der Waals surface area (Å²) in [4.78, 5) is 36.0. The van der Waals surface area contributed by atoms with E-state index in [0.717, 1.165) is 53.4 Å². The number of hydrogen-bond donors (Lipinski definition) is 3. The van der Waals surface area contributed by atoms with Crippen molar-refractivity contribution < 1.29 is 43.8 Å². The Kier molecular flexibility index (Phi) is 15.1. The molecule has 0 bridgehead atoms. The summed E-state index contributed by atoms with van der Waals surface area (Å²) in [5, 5.41) is 20.4. The normalized spacial score (nSPS) is 18.5. The molecule has 2 aliphatic rings. The van der Waals surface area contributed by atoms with Gasteiger partial charge in [0.1, 0.15) is 18.1 Å². The molecule has 2 amide bonds. The van der Waals surface area contributed by atoms with E-state index in [1.54, 1.807) is 19.1 Å². The van der Waals surface area contributed by atoms with Gasteiger partial charge in [-0.25, -0.2) is 0 Å². The molecule has 1 fully saturated rings. The lowest BCUT2D eigenvalue weighted by Crippen LogP contribution is -2.53. The second kappa shape index (κ2) is 20.1. The number of benzene rings is 3. The minimum Gasteiger partial charge on any atom is -0.497 e. The first-order valence-electron chi connectivity index (χ1n) is 18.0. The van der Waals surface area contributed by atoms with E-state index in [2.05, 4.69) is 21.1 Å². The van der Waals surface area contributed by atoms with E-state index in [0.29, 0.717) is 52.2 Å². The van der Waals surface area contributed by atoms with Crippen LogP contribution >= 0.6 is 0 Å². The molecule has 13 heteroatoms. The number of nitrogens with one attached hydrogen (secondary N) is 1. The third-order valence-corrected chi connectivity index (χ3v) is 9.63. The van der Waals surface area contributed by atoms with Gasteiger partial charge in [-0.15, -0.1) is 0 Å². The zero-order chi connectivity index (χ0) is 36.7. The van der Waals surface area contributed by atoms with Crippen molar-refractivity contribution in [3.63, 3.8) is 0 Å². The maximum absolute atomic E-state index is 13.9. The van der Waals surface area contributed by atoms with E-state index in [1.165, 1.54) is 0 Å². The highest BCUT2D eigenvalue weighted by Gasteiger charge is 2.40. The molecule has 5 rings (SSSR count). The molecule has 3 N–H and O–H groups in total. The summed E-state index contributed by atoms with van der Waals surface area (Å²) < 4.78 is 23.4. The predicted octanol–water partition coefficient (Wildman–Crippen LogP) is 5.09. The molecule has 0 saturated carbocycles. The SMILES string of the molecule is COCCCN1CCOc2ccc(COC3CN(C(=O)CCCCON(O)O)C(CC(=O)NCc4ccccc4)CC3c3ccc(OC)cc3)cc21. The van der Waals surface area contributed by atoms with Crippen LogP contribution in [0.15, 0.2) is 72.8 Å². The van der Waals surface area contributed by atoms with Gasteiger partial charge in [-0.3, -0.25) is 24.8 Å². The summed E-state index contributed by atoms with van der Waals surface area (Å²) >= 11 is 0. The molecular weight excluding hydrogens is 668 g/mol. The maximum atomic E-state index is 13.9. The zero-order valence-electron chi connectivity index (χ0n) is 30.2. The number of likely N-dealkylation sites (tertiary alicyclic amines) is 1. The van der Waals surface area contributed by atoms with Crippen molar-refractivity contribution in [2.45, 2.75) is 69.7 Å². The first-order chi connectivity index (χ1) is 25.3.